The number of ether oxygens (including phenoxy) is 2. The highest BCUT2D eigenvalue weighted by molar-refractivity contribution is 5.81. The van der Waals surface area contributed by atoms with E-state index >= 15 is 0 Å². The van der Waals surface area contributed by atoms with E-state index in [9.17, 15) is 13.6 Å². The van der Waals surface area contributed by atoms with Crippen LogP contribution in [0.5, 0.6) is 11.5 Å². The molecule has 1 amide bonds. The number of rotatable bonds is 9. The molecule has 3 rings (SSSR count). The van der Waals surface area contributed by atoms with E-state index in [4.69, 9.17) is 9.47 Å². The molecule has 3 aromatic rings. The molecule has 156 valence electrons. The fourth-order valence-corrected chi connectivity index (χ4v) is 2.75. The summed E-state index contributed by atoms with van der Waals surface area (Å²) in [5.74, 6) is 0.253. The van der Waals surface area contributed by atoms with Gasteiger partial charge in [-0.3, -0.25) is 4.79 Å². The summed E-state index contributed by atoms with van der Waals surface area (Å²) >= 11 is 0. The molecular weight excluding hydrogens is 388 g/mol. The molecule has 0 aliphatic rings. The highest BCUT2D eigenvalue weighted by atomic mass is 19.1. The first-order chi connectivity index (χ1) is 14.5. The largest absolute Gasteiger partial charge is 0.489 e. The summed E-state index contributed by atoms with van der Waals surface area (Å²) in [6, 6.07) is 19.1. The Hall–Kier alpha value is -3.41. The average Bonchev–Trinajstić information content (AvgIpc) is 2.77. The van der Waals surface area contributed by atoms with Gasteiger partial charge in [0.2, 0.25) is 0 Å². The van der Waals surface area contributed by atoms with Crippen LogP contribution in [-0.4, -0.2) is 12.0 Å². The molecule has 0 aromatic heterocycles. The minimum Gasteiger partial charge on any atom is -0.489 e. The third kappa shape index (κ3) is 6.30. The third-order valence-electron chi connectivity index (χ3n) is 4.46. The van der Waals surface area contributed by atoms with E-state index in [0.29, 0.717) is 31.1 Å². The van der Waals surface area contributed by atoms with Crippen LogP contribution in [0.3, 0.4) is 0 Å². The summed E-state index contributed by atoms with van der Waals surface area (Å²) in [6.07, 6.45) is -0.173. The summed E-state index contributed by atoms with van der Waals surface area (Å²) < 4.78 is 37.3. The number of amides is 1. The van der Waals surface area contributed by atoms with Gasteiger partial charge in [-0.15, -0.1) is 0 Å². The van der Waals surface area contributed by atoms with Gasteiger partial charge in [-0.05, 0) is 66.1 Å². The number of halogens is 2. The topological polar surface area (TPSA) is 47.6 Å². The highest BCUT2D eigenvalue weighted by Crippen LogP contribution is 2.16. The Labute approximate surface area is 174 Å². The molecule has 6 heteroatoms. The maximum Gasteiger partial charge on any atom is 0.261 e. The lowest BCUT2D eigenvalue weighted by Gasteiger charge is -2.17. The van der Waals surface area contributed by atoms with Gasteiger partial charge in [-0.25, -0.2) is 8.78 Å². The van der Waals surface area contributed by atoms with Crippen LogP contribution in [0.1, 0.15) is 24.5 Å². The third-order valence-corrected chi connectivity index (χ3v) is 4.46. The van der Waals surface area contributed by atoms with Gasteiger partial charge in [0.05, 0.1) is 0 Å². The minimum absolute atomic E-state index is 0.238. The smallest absolute Gasteiger partial charge is 0.261 e. The number of benzene rings is 3. The van der Waals surface area contributed by atoms with Crippen LogP contribution in [-0.2, 0) is 17.9 Å². The fraction of sp³-hybridized carbons (Fsp3) is 0.208. The maximum absolute atomic E-state index is 13.0. The first-order valence-electron chi connectivity index (χ1n) is 9.69. The van der Waals surface area contributed by atoms with Gasteiger partial charge in [-0.2, -0.15) is 0 Å². The van der Waals surface area contributed by atoms with Crippen molar-refractivity contribution >= 4 is 5.91 Å². The molecule has 30 heavy (non-hydrogen) atoms. The van der Waals surface area contributed by atoms with Crippen molar-refractivity contribution in [1.82, 2.24) is 5.32 Å². The number of nitrogens with one attached hydrogen (secondary N) is 1. The van der Waals surface area contributed by atoms with Gasteiger partial charge in [0.25, 0.3) is 5.91 Å². The van der Waals surface area contributed by atoms with E-state index in [-0.39, 0.29) is 17.5 Å². The van der Waals surface area contributed by atoms with Crippen LogP contribution in [0.15, 0.2) is 72.8 Å². The van der Waals surface area contributed by atoms with E-state index in [1.165, 1.54) is 36.4 Å². The molecule has 4 nitrogen and oxygen atoms in total. The van der Waals surface area contributed by atoms with E-state index < -0.39 is 6.10 Å². The van der Waals surface area contributed by atoms with Crippen molar-refractivity contribution in [2.45, 2.75) is 32.6 Å². The second-order valence-electron chi connectivity index (χ2n) is 6.75. The van der Waals surface area contributed by atoms with Crippen molar-refractivity contribution in [3.63, 3.8) is 0 Å². The molecule has 1 N–H and O–H groups in total. The molecule has 0 spiro atoms. The van der Waals surface area contributed by atoms with Gasteiger partial charge in [0.15, 0.2) is 6.10 Å². The zero-order valence-electron chi connectivity index (χ0n) is 16.6. The summed E-state index contributed by atoms with van der Waals surface area (Å²) in [5.41, 5.74) is 1.79. The zero-order valence-corrected chi connectivity index (χ0v) is 16.6. The van der Waals surface area contributed by atoms with Crippen LogP contribution in [0, 0.1) is 11.6 Å². The quantitative estimate of drug-likeness (QED) is 0.538. The molecule has 3 aromatic carbocycles. The lowest BCUT2D eigenvalue weighted by molar-refractivity contribution is -0.128. The molecule has 0 aliphatic carbocycles. The number of hydrogen-bond acceptors (Lipinski definition) is 3. The average molecular weight is 411 g/mol. The van der Waals surface area contributed by atoms with Gasteiger partial charge in [0, 0.05) is 6.54 Å². The van der Waals surface area contributed by atoms with Gasteiger partial charge in [0.1, 0.15) is 29.7 Å². The Balaban J connectivity index is 1.47. The van der Waals surface area contributed by atoms with Crippen molar-refractivity contribution in [2.24, 2.45) is 0 Å². The molecule has 1 atom stereocenters. The van der Waals surface area contributed by atoms with Crippen LogP contribution in [0.25, 0.3) is 0 Å². The Morgan fingerprint density at radius 2 is 1.37 bits per heavy atom. The molecule has 0 saturated carbocycles. The maximum atomic E-state index is 13.0. The second kappa shape index (κ2) is 10.4. The van der Waals surface area contributed by atoms with Gasteiger partial charge < -0.3 is 14.8 Å². The molecule has 0 unspecified atom stereocenters. The zero-order chi connectivity index (χ0) is 21.3. The monoisotopic (exact) mass is 411 g/mol. The first kappa shape index (κ1) is 21.3. The molecule has 0 heterocycles. The van der Waals surface area contributed by atoms with Crippen LogP contribution < -0.4 is 14.8 Å². The Morgan fingerprint density at radius 3 is 1.97 bits per heavy atom. The number of hydrogen-bond donors (Lipinski definition) is 1. The first-order valence-corrected chi connectivity index (χ1v) is 9.69. The Bertz CT molecular complexity index is 942. The molecule has 0 radical (unpaired) electrons. The van der Waals surface area contributed by atoms with E-state index in [1.807, 2.05) is 31.2 Å². The fourth-order valence-electron chi connectivity index (χ4n) is 2.75. The van der Waals surface area contributed by atoms with E-state index in [2.05, 4.69) is 5.32 Å². The molecule has 0 bridgehead atoms. The summed E-state index contributed by atoms with van der Waals surface area (Å²) in [6.45, 7) is 2.54. The number of carbonyl (C=O) groups excluding carboxylic acids is 1. The highest BCUT2D eigenvalue weighted by Gasteiger charge is 2.18. The summed E-state index contributed by atoms with van der Waals surface area (Å²) in [7, 11) is 0. The van der Waals surface area contributed by atoms with E-state index in [1.54, 1.807) is 12.1 Å². The van der Waals surface area contributed by atoms with Crippen LogP contribution in [0.2, 0.25) is 0 Å². The summed E-state index contributed by atoms with van der Waals surface area (Å²) in [4.78, 5) is 12.4. The normalized spacial score (nSPS) is 11.6. The van der Waals surface area contributed by atoms with Crippen molar-refractivity contribution in [1.29, 1.82) is 0 Å². The van der Waals surface area contributed by atoms with E-state index in [0.717, 1.165) is 11.1 Å². The second-order valence-corrected chi connectivity index (χ2v) is 6.75. The molecular formula is C24H23F2NO3. The Morgan fingerprint density at radius 1 is 0.833 bits per heavy atom. The molecule has 0 aliphatic heterocycles. The van der Waals surface area contributed by atoms with Gasteiger partial charge >= 0.3 is 0 Å². The van der Waals surface area contributed by atoms with Crippen LogP contribution in [0.4, 0.5) is 8.78 Å². The minimum atomic E-state index is -0.659. The predicted molar refractivity (Wildman–Crippen MR) is 110 cm³/mol. The number of carbonyl (C=O) groups is 1. The van der Waals surface area contributed by atoms with Crippen molar-refractivity contribution in [3.8, 4) is 11.5 Å². The van der Waals surface area contributed by atoms with Crippen molar-refractivity contribution in [3.05, 3.63) is 95.6 Å². The predicted octanol–water partition coefficient (Wildman–Crippen LogP) is 5.02. The van der Waals surface area contributed by atoms with Gasteiger partial charge in [-0.1, -0.05) is 31.2 Å². The molecule has 0 fully saturated rings. The standard InChI is InChI=1S/C24H23F2NO3/c1-2-23(30-22-13-9-20(26)10-14-22)24(28)27-15-17-5-11-21(12-6-17)29-16-18-3-7-19(25)8-4-18/h3-14,23H,2,15-16H2,1H3,(H,27,28)/t23-/m0/s1. The Kier molecular flexibility index (Phi) is 7.38. The SMILES string of the molecule is CC[C@H](Oc1ccc(F)cc1)C(=O)NCc1ccc(OCc2ccc(F)cc2)cc1. The lowest BCUT2D eigenvalue weighted by atomic mass is 10.2. The van der Waals surface area contributed by atoms with Crippen molar-refractivity contribution < 1.29 is 23.0 Å². The summed E-state index contributed by atoms with van der Waals surface area (Å²) in [5, 5.41) is 2.85. The molecule has 0 saturated heterocycles. The van der Waals surface area contributed by atoms with Crippen LogP contribution >= 0.6 is 0 Å². The van der Waals surface area contributed by atoms with Crippen molar-refractivity contribution in [2.75, 3.05) is 0 Å². The lowest BCUT2D eigenvalue weighted by Crippen LogP contribution is -2.37.